The van der Waals surface area contributed by atoms with Gasteiger partial charge < -0.3 is 9.13 Å². The lowest BCUT2D eigenvalue weighted by Crippen LogP contribution is -2.02. The highest BCUT2D eigenvalue weighted by molar-refractivity contribution is 6.29. The van der Waals surface area contributed by atoms with Gasteiger partial charge >= 0.3 is 0 Å². The fourth-order valence-corrected chi connectivity index (χ4v) is 8.58. The number of nitrogens with zero attached hydrogens (tertiary/aromatic N) is 7. The van der Waals surface area contributed by atoms with Gasteiger partial charge in [-0.05, 0) is 71.8 Å². The number of aromatic nitrogens is 5. The number of fused-ring (bicyclic) bond motifs is 7. The fourth-order valence-electron chi connectivity index (χ4n) is 8.58. The molecule has 0 bridgehead atoms. The minimum absolute atomic E-state index is 0.491. The van der Waals surface area contributed by atoms with Crippen molar-refractivity contribution in [2.24, 2.45) is 0 Å². The molecule has 3 aromatic heterocycles. The zero-order valence-corrected chi connectivity index (χ0v) is 32.0. The smallest absolute Gasteiger partial charge is 0.164 e. The van der Waals surface area contributed by atoms with E-state index in [1.807, 2.05) is 109 Å². The van der Waals surface area contributed by atoms with Gasteiger partial charge in [0.25, 0.3) is 0 Å². The molecule has 0 N–H and O–H groups in total. The maximum atomic E-state index is 10.8. The summed E-state index contributed by atoms with van der Waals surface area (Å²) in [6, 6.07) is 67.9. The largest absolute Gasteiger partial charge is 0.309 e. The van der Waals surface area contributed by atoms with E-state index in [1.165, 1.54) is 0 Å². The van der Waals surface area contributed by atoms with Crippen molar-refractivity contribution in [1.29, 1.82) is 10.5 Å². The standard InChI is InChI=1S/C53H31N7/c54-32-38-17-7-8-18-41(38)34-23-26-40(27-24-34)59-45-21-11-9-19-42(45)49-47(59)29-30-48-50(49)43-20-10-12-22-46(43)60(48)44-28-25-37(31-39(44)33-55)53-57-51(35-13-3-1-4-14-35)56-52(58-53)36-15-5-2-6-16-36/h1-31H. The van der Waals surface area contributed by atoms with E-state index in [9.17, 15) is 10.5 Å². The highest BCUT2D eigenvalue weighted by Gasteiger charge is 2.22. The number of hydrogen-bond donors (Lipinski definition) is 0. The Morgan fingerprint density at radius 2 is 0.850 bits per heavy atom. The molecule has 7 heteroatoms. The summed E-state index contributed by atoms with van der Waals surface area (Å²) in [7, 11) is 0. The highest BCUT2D eigenvalue weighted by Crippen LogP contribution is 2.43. The maximum Gasteiger partial charge on any atom is 0.164 e. The Labute approximate surface area is 345 Å². The molecule has 0 atom stereocenters. The molecule has 0 spiro atoms. The average molecular weight is 766 g/mol. The van der Waals surface area contributed by atoms with E-state index in [-0.39, 0.29) is 0 Å². The predicted molar refractivity (Wildman–Crippen MR) is 240 cm³/mol. The van der Waals surface area contributed by atoms with E-state index in [4.69, 9.17) is 15.0 Å². The van der Waals surface area contributed by atoms with Gasteiger partial charge in [0.15, 0.2) is 17.5 Å². The molecule has 7 nitrogen and oxygen atoms in total. The van der Waals surface area contributed by atoms with Crippen LogP contribution in [0.3, 0.4) is 0 Å². The third kappa shape index (κ3) is 5.54. The summed E-state index contributed by atoms with van der Waals surface area (Å²) in [4.78, 5) is 14.7. The summed E-state index contributed by atoms with van der Waals surface area (Å²) in [6.45, 7) is 0. The lowest BCUT2D eigenvalue weighted by Gasteiger charge is -2.13. The van der Waals surface area contributed by atoms with E-state index in [0.717, 1.165) is 82.8 Å². The highest BCUT2D eigenvalue weighted by atomic mass is 15.0. The summed E-state index contributed by atoms with van der Waals surface area (Å²) < 4.78 is 4.52. The summed E-state index contributed by atoms with van der Waals surface area (Å²) in [5, 5.41) is 25.1. The molecule has 0 aliphatic carbocycles. The Hall–Kier alpha value is -8.65. The first-order valence-corrected chi connectivity index (χ1v) is 19.7. The first-order valence-electron chi connectivity index (χ1n) is 19.7. The van der Waals surface area contributed by atoms with Crippen LogP contribution in [0.4, 0.5) is 0 Å². The summed E-state index contributed by atoms with van der Waals surface area (Å²) >= 11 is 0. The van der Waals surface area contributed by atoms with E-state index in [0.29, 0.717) is 28.6 Å². The quantitative estimate of drug-likeness (QED) is 0.168. The molecule has 0 unspecified atom stereocenters. The van der Waals surface area contributed by atoms with Crippen LogP contribution in [0.25, 0.3) is 100 Å². The number of para-hydroxylation sites is 2. The molecule has 8 aromatic carbocycles. The van der Waals surface area contributed by atoms with E-state index >= 15 is 0 Å². The van der Waals surface area contributed by atoms with Crippen LogP contribution < -0.4 is 0 Å². The third-order valence-electron chi connectivity index (χ3n) is 11.3. The molecular weight excluding hydrogens is 735 g/mol. The molecule has 278 valence electrons. The molecule has 0 saturated heterocycles. The van der Waals surface area contributed by atoms with Gasteiger partial charge in [0.2, 0.25) is 0 Å². The van der Waals surface area contributed by atoms with Gasteiger partial charge in [-0.25, -0.2) is 15.0 Å². The van der Waals surface area contributed by atoms with E-state index < -0.39 is 0 Å². The molecule has 0 fully saturated rings. The van der Waals surface area contributed by atoms with Gasteiger partial charge in [0.05, 0.1) is 45.0 Å². The maximum absolute atomic E-state index is 10.8. The van der Waals surface area contributed by atoms with Gasteiger partial charge in [-0.15, -0.1) is 0 Å². The zero-order chi connectivity index (χ0) is 40.2. The van der Waals surface area contributed by atoms with Crippen molar-refractivity contribution in [2.45, 2.75) is 0 Å². The predicted octanol–water partition coefficient (Wildman–Crippen LogP) is 12.5. The fraction of sp³-hybridized carbons (Fsp3) is 0. The average Bonchev–Trinajstić information content (AvgIpc) is 3.84. The van der Waals surface area contributed by atoms with Crippen LogP contribution in [0.1, 0.15) is 11.1 Å². The monoisotopic (exact) mass is 765 g/mol. The summed E-state index contributed by atoms with van der Waals surface area (Å²) in [5.41, 5.74) is 11.5. The number of nitriles is 2. The van der Waals surface area contributed by atoms with Crippen LogP contribution in [-0.2, 0) is 0 Å². The molecule has 0 saturated carbocycles. The molecule has 11 aromatic rings. The Kier molecular flexibility index (Phi) is 8.11. The number of benzene rings is 8. The van der Waals surface area contributed by atoms with Crippen LogP contribution in [0.15, 0.2) is 188 Å². The number of hydrogen-bond acceptors (Lipinski definition) is 5. The van der Waals surface area contributed by atoms with Crippen molar-refractivity contribution < 1.29 is 0 Å². The normalized spacial score (nSPS) is 11.3. The SMILES string of the molecule is N#Cc1ccccc1-c1ccc(-n2c3ccccc3c3c4c5ccccc5n(-c5ccc(-c6nc(-c7ccccc7)nc(-c7ccccc7)n6)cc5C#N)c4ccc32)cc1. The van der Waals surface area contributed by atoms with Crippen LogP contribution in [0.2, 0.25) is 0 Å². The van der Waals surface area contributed by atoms with Crippen molar-refractivity contribution in [3.63, 3.8) is 0 Å². The summed E-state index contributed by atoms with van der Waals surface area (Å²) in [5.74, 6) is 1.62. The van der Waals surface area contributed by atoms with Gasteiger partial charge in [0.1, 0.15) is 6.07 Å². The molecule has 60 heavy (non-hydrogen) atoms. The molecule has 0 aliphatic rings. The van der Waals surface area contributed by atoms with Gasteiger partial charge in [-0.1, -0.05) is 127 Å². The first-order chi connectivity index (χ1) is 29.7. The van der Waals surface area contributed by atoms with Gasteiger partial charge in [0, 0.05) is 43.9 Å². The first kappa shape index (κ1) is 34.6. The van der Waals surface area contributed by atoms with Crippen LogP contribution in [0.5, 0.6) is 0 Å². The summed E-state index contributed by atoms with van der Waals surface area (Å²) in [6.07, 6.45) is 0. The minimum atomic E-state index is 0.491. The molecule has 11 rings (SSSR count). The third-order valence-corrected chi connectivity index (χ3v) is 11.3. The van der Waals surface area contributed by atoms with E-state index in [1.54, 1.807) is 0 Å². The van der Waals surface area contributed by atoms with Crippen molar-refractivity contribution in [1.82, 2.24) is 24.1 Å². The zero-order valence-electron chi connectivity index (χ0n) is 32.0. The van der Waals surface area contributed by atoms with Crippen molar-refractivity contribution in [3.8, 4) is 68.8 Å². The number of rotatable bonds is 6. The molecule has 0 radical (unpaired) electrons. The van der Waals surface area contributed by atoms with Gasteiger partial charge in [-0.2, -0.15) is 10.5 Å². The topological polar surface area (TPSA) is 96.1 Å². The van der Waals surface area contributed by atoms with Crippen LogP contribution in [0, 0.1) is 22.7 Å². The molecule has 0 amide bonds. The van der Waals surface area contributed by atoms with Crippen molar-refractivity contribution in [2.75, 3.05) is 0 Å². The Morgan fingerprint density at radius 1 is 0.367 bits per heavy atom. The van der Waals surface area contributed by atoms with E-state index in [2.05, 4.69) is 100 Å². The second-order valence-electron chi connectivity index (χ2n) is 14.6. The lowest BCUT2D eigenvalue weighted by atomic mass is 10.0. The molecule has 0 aliphatic heterocycles. The van der Waals surface area contributed by atoms with Crippen LogP contribution in [-0.4, -0.2) is 24.1 Å². The second-order valence-corrected chi connectivity index (χ2v) is 14.6. The Morgan fingerprint density at radius 3 is 1.45 bits per heavy atom. The Balaban J connectivity index is 1.09. The molecule has 3 heterocycles. The van der Waals surface area contributed by atoms with Crippen LogP contribution >= 0.6 is 0 Å². The second kappa shape index (κ2) is 14.1. The Bertz CT molecular complexity index is 3490. The van der Waals surface area contributed by atoms with Crippen molar-refractivity contribution >= 4 is 43.6 Å². The lowest BCUT2D eigenvalue weighted by molar-refractivity contribution is 1.07. The van der Waals surface area contributed by atoms with Crippen molar-refractivity contribution in [3.05, 3.63) is 199 Å². The minimum Gasteiger partial charge on any atom is -0.309 e. The molecular formula is C53H31N7. The van der Waals surface area contributed by atoms with Gasteiger partial charge in [-0.3, -0.25) is 0 Å².